The van der Waals surface area contributed by atoms with E-state index < -0.39 is 11.4 Å². The average Bonchev–Trinajstić information content (AvgIpc) is 2.89. The molecule has 1 atom stereocenters. The third-order valence-electron chi connectivity index (χ3n) is 3.24. The molecule has 0 aliphatic rings. The van der Waals surface area contributed by atoms with Gasteiger partial charge in [-0.3, -0.25) is 4.79 Å². The van der Waals surface area contributed by atoms with Gasteiger partial charge in [-0.1, -0.05) is 17.7 Å². The van der Waals surface area contributed by atoms with E-state index >= 15 is 0 Å². The number of methoxy groups -OCH3 is 1. The Kier molecular flexibility index (Phi) is 5.04. The number of hydrogen-bond donors (Lipinski definition) is 1. The van der Waals surface area contributed by atoms with E-state index in [1.165, 1.54) is 7.11 Å². The van der Waals surface area contributed by atoms with E-state index in [2.05, 4.69) is 10.4 Å². The fourth-order valence-electron chi connectivity index (χ4n) is 2.15. The molecule has 1 N–H and O–H groups in total. The molecule has 2 aromatic rings. The van der Waals surface area contributed by atoms with Crippen LogP contribution in [0.5, 0.6) is 0 Å². The summed E-state index contributed by atoms with van der Waals surface area (Å²) in [5, 5.41) is 16.7. The molecule has 1 aromatic carbocycles. The molecule has 6 nitrogen and oxygen atoms in total. The molecule has 120 valence electrons. The summed E-state index contributed by atoms with van der Waals surface area (Å²) in [4.78, 5) is 12.3. The Morgan fingerprint density at radius 3 is 2.87 bits per heavy atom. The molecule has 0 radical (unpaired) electrons. The van der Waals surface area contributed by atoms with Crippen LogP contribution in [0.25, 0.3) is 5.69 Å². The Hall–Kier alpha value is -2.36. The summed E-state index contributed by atoms with van der Waals surface area (Å²) < 4.78 is 6.59. The van der Waals surface area contributed by atoms with Gasteiger partial charge in [0.15, 0.2) is 5.69 Å². The largest absolute Gasteiger partial charge is 0.381 e. The van der Waals surface area contributed by atoms with Crippen LogP contribution in [0.15, 0.2) is 30.3 Å². The SMILES string of the molecule is COC[C@](C)(C#N)NC(=O)c1cc(C)n(-c2cccc(Cl)c2)n1. The highest BCUT2D eigenvalue weighted by atomic mass is 35.5. The van der Waals surface area contributed by atoms with Crippen LogP contribution in [-0.2, 0) is 4.74 Å². The van der Waals surface area contributed by atoms with E-state index in [-0.39, 0.29) is 12.3 Å². The monoisotopic (exact) mass is 332 g/mol. The van der Waals surface area contributed by atoms with Gasteiger partial charge in [-0.05, 0) is 38.1 Å². The minimum absolute atomic E-state index is 0.0865. The van der Waals surface area contributed by atoms with Crippen LogP contribution in [0.4, 0.5) is 0 Å². The number of amides is 1. The second-order valence-corrected chi connectivity index (χ2v) is 5.83. The molecule has 0 fully saturated rings. The normalized spacial score (nSPS) is 13.2. The molecule has 7 heteroatoms. The van der Waals surface area contributed by atoms with Crippen LogP contribution in [-0.4, -0.2) is 34.9 Å². The number of carbonyl (C=O) groups is 1. The van der Waals surface area contributed by atoms with Crippen molar-refractivity contribution in [1.29, 1.82) is 5.26 Å². The number of nitrogens with zero attached hydrogens (tertiary/aromatic N) is 3. The first-order chi connectivity index (χ1) is 10.9. The van der Waals surface area contributed by atoms with Crippen molar-refractivity contribution in [3.8, 4) is 11.8 Å². The lowest BCUT2D eigenvalue weighted by molar-refractivity contribution is 0.0855. The fourth-order valence-corrected chi connectivity index (χ4v) is 2.34. The summed E-state index contributed by atoms with van der Waals surface area (Å²) in [5.41, 5.74) is 0.649. The van der Waals surface area contributed by atoms with Crippen LogP contribution in [0.3, 0.4) is 0 Å². The van der Waals surface area contributed by atoms with Crippen molar-refractivity contribution in [1.82, 2.24) is 15.1 Å². The average molecular weight is 333 g/mol. The number of aromatic nitrogens is 2. The highest BCUT2D eigenvalue weighted by Crippen LogP contribution is 2.17. The summed E-state index contributed by atoms with van der Waals surface area (Å²) in [6.07, 6.45) is 0. The zero-order valence-corrected chi connectivity index (χ0v) is 13.9. The Morgan fingerprint density at radius 1 is 1.52 bits per heavy atom. The molecule has 0 spiro atoms. The van der Waals surface area contributed by atoms with E-state index in [0.717, 1.165) is 11.4 Å². The number of nitrogens with one attached hydrogen (secondary N) is 1. The number of halogens is 1. The molecule has 0 saturated heterocycles. The molecule has 0 bridgehead atoms. The molecule has 1 aromatic heterocycles. The second-order valence-electron chi connectivity index (χ2n) is 5.39. The van der Waals surface area contributed by atoms with Gasteiger partial charge in [0.2, 0.25) is 0 Å². The number of benzene rings is 1. The van der Waals surface area contributed by atoms with Crippen LogP contribution < -0.4 is 5.32 Å². The quantitative estimate of drug-likeness (QED) is 0.912. The zero-order valence-electron chi connectivity index (χ0n) is 13.1. The van der Waals surface area contributed by atoms with Crippen molar-refractivity contribution in [2.75, 3.05) is 13.7 Å². The molecule has 0 saturated carbocycles. The number of rotatable bonds is 5. The van der Waals surface area contributed by atoms with E-state index in [9.17, 15) is 10.1 Å². The number of hydrogen-bond acceptors (Lipinski definition) is 4. The van der Waals surface area contributed by atoms with Gasteiger partial charge in [-0.2, -0.15) is 10.4 Å². The number of nitriles is 1. The standard InChI is InChI=1S/C16H17ClN4O2/c1-11-7-14(15(22)19-16(2,9-18)10-23-3)20-21(11)13-6-4-5-12(17)8-13/h4-8H,10H2,1-3H3,(H,19,22)/t16-/m0/s1. The summed E-state index contributed by atoms with van der Waals surface area (Å²) in [5.74, 6) is -0.435. The maximum atomic E-state index is 12.3. The smallest absolute Gasteiger partial charge is 0.273 e. The molecule has 23 heavy (non-hydrogen) atoms. The van der Waals surface area contributed by atoms with Crippen molar-refractivity contribution in [2.24, 2.45) is 0 Å². The summed E-state index contributed by atoms with van der Waals surface area (Å²) >= 11 is 5.99. The molecular formula is C16H17ClN4O2. The van der Waals surface area contributed by atoms with Crippen LogP contribution in [0, 0.1) is 18.3 Å². The summed E-state index contributed by atoms with van der Waals surface area (Å²) in [7, 11) is 1.47. The highest BCUT2D eigenvalue weighted by molar-refractivity contribution is 6.30. The lowest BCUT2D eigenvalue weighted by Crippen LogP contribution is -2.48. The topological polar surface area (TPSA) is 79.9 Å². The fraction of sp³-hybridized carbons (Fsp3) is 0.312. The summed E-state index contributed by atoms with van der Waals surface area (Å²) in [6.45, 7) is 3.52. The first-order valence-electron chi connectivity index (χ1n) is 6.94. The number of ether oxygens (including phenoxy) is 1. The number of carbonyl (C=O) groups excluding carboxylic acids is 1. The van der Waals surface area contributed by atoms with Gasteiger partial charge in [0.05, 0.1) is 18.4 Å². The van der Waals surface area contributed by atoms with Gasteiger partial charge in [0, 0.05) is 17.8 Å². The molecule has 0 aliphatic heterocycles. The van der Waals surface area contributed by atoms with Gasteiger partial charge in [0.25, 0.3) is 5.91 Å². The maximum absolute atomic E-state index is 12.3. The lowest BCUT2D eigenvalue weighted by Gasteiger charge is -2.21. The first kappa shape index (κ1) is 17.0. The van der Waals surface area contributed by atoms with Crippen molar-refractivity contribution >= 4 is 17.5 Å². The molecule has 0 aliphatic carbocycles. The van der Waals surface area contributed by atoms with E-state index in [0.29, 0.717) is 5.02 Å². The van der Waals surface area contributed by atoms with Gasteiger partial charge in [-0.15, -0.1) is 0 Å². The Labute approximate surface area is 139 Å². The molecule has 1 heterocycles. The zero-order chi connectivity index (χ0) is 17.0. The van der Waals surface area contributed by atoms with Crippen LogP contribution in [0.1, 0.15) is 23.1 Å². The third kappa shape index (κ3) is 3.89. The van der Waals surface area contributed by atoms with Gasteiger partial charge in [-0.25, -0.2) is 4.68 Å². The van der Waals surface area contributed by atoms with Crippen molar-refractivity contribution < 1.29 is 9.53 Å². The first-order valence-corrected chi connectivity index (χ1v) is 7.31. The van der Waals surface area contributed by atoms with Crippen molar-refractivity contribution in [3.63, 3.8) is 0 Å². The Morgan fingerprint density at radius 2 is 2.26 bits per heavy atom. The molecule has 1 amide bonds. The molecule has 0 unspecified atom stereocenters. The maximum Gasteiger partial charge on any atom is 0.273 e. The van der Waals surface area contributed by atoms with E-state index in [4.69, 9.17) is 16.3 Å². The van der Waals surface area contributed by atoms with Gasteiger partial charge in [0.1, 0.15) is 5.54 Å². The lowest BCUT2D eigenvalue weighted by atomic mass is 10.1. The predicted octanol–water partition coefficient (Wildman–Crippen LogP) is 2.49. The second kappa shape index (κ2) is 6.82. The molecule has 2 rings (SSSR count). The van der Waals surface area contributed by atoms with E-state index in [1.54, 1.807) is 29.8 Å². The van der Waals surface area contributed by atoms with Gasteiger partial charge < -0.3 is 10.1 Å². The highest BCUT2D eigenvalue weighted by Gasteiger charge is 2.28. The molecular weight excluding hydrogens is 316 g/mol. The van der Waals surface area contributed by atoms with Crippen molar-refractivity contribution in [2.45, 2.75) is 19.4 Å². The van der Waals surface area contributed by atoms with Crippen molar-refractivity contribution in [3.05, 3.63) is 46.7 Å². The predicted molar refractivity (Wildman–Crippen MR) is 86.7 cm³/mol. The minimum atomic E-state index is -1.11. The summed E-state index contributed by atoms with van der Waals surface area (Å²) in [6, 6.07) is 10.9. The Balaban J connectivity index is 2.27. The third-order valence-corrected chi connectivity index (χ3v) is 3.48. The Bertz CT molecular complexity index is 766. The minimum Gasteiger partial charge on any atom is -0.381 e. The number of aryl methyl sites for hydroxylation is 1. The van der Waals surface area contributed by atoms with Crippen LogP contribution >= 0.6 is 11.6 Å². The van der Waals surface area contributed by atoms with Crippen LogP contribution in [0.2, 0.25) is 5.02 Å². The van der Waals surface area contributed by atoms with Gasteiger partial charge >= 0.3 is 0 Å². The van der Waals surface area contributed by atoms with E-state index in [1.807, 2.05) is 25.1 Å².